The molecule has 0 fully saturated rings. The van der Waals surface area contributed by atoms with Crippen LogP contribution in [0.4, 0.5) is 15.3 Å². The number of nitrogens with one attached hydrogen (secondary N) is 2. The summed E-state index contributed by atoms with van der Waals surface area (Å²) in [6.45, 7) is 2.49. The zero-order valence-corrected chi connectivity index (χ0v) is 10.1. The number of carbonyl (C=O) groups excluding carboxylic acids is 2. The van der Waals surface area contributed by atoms with Crippen LogP contribution in [0.5, 0.6) is 0 Å². The summed E-state index contributed by atoms with van der Waals surface area (Å²) in [7, 11) is 1.61. The molecule has 0 aliphatic rings. The number of imide groups is 1. The SMILES string of the molecule is CCCNC(=O)NC(=O)N(C)c1ccccc1. The minimum atomic E-state index is -0.473. The zero-order chi connectivity index (χ0) is 12.7. The number of para-hydroxylation sites is 1. The molecule has 17 heavy (non-hydrogen) atoms. The normalized spacial score (nSPS) is 9.53. The molecule has 1 aromatic rings. The summed E-state index contributed by atoms with van der Waals surface area (Å²) in [5, 5.41) is 4.82. The number of urea groups is 2. The zero-order valence-electron chi connectivity index (χ0n) is 10.1. The Morgan fingerprint density at radius 2 is 1.88 bits per heavy atom. The van der Waals surface area contributed by atoms with Crippen LogP contribution in [0.3, 0.4) is 0 Å². The van der Waals surface area contributed by atoms with E-state index in [-0.39, 0.29) is 0 Å². The Morgan fingerprint density at radius 3 is 2.47 bits per heavy atom. The summed E-state index contributed by atoms with van der Waals surface area (Å²) in [6.07, 6.45) is 0.829. The summed E-state index contributed by atoms with van der Waals surface area (Å²) in [5.74, 6) is 0. The first-order chi connectivity index (χ1) is 8.15. The van der Waals surface area contributed by atoms with Gasteiger partial charge < -0.3 is 5.32 Å². The monoisotopic (exact) mass is 235 g/mol. The highest BCUT2D eigenvalue weighted by Crippen LogP contribution is 2.10. The highest BCUT2D eigenvalue weighted by Gasteiger charge is 2.12. The van der Waals surface area contributed by atoms with Gasteiger partial charge in [0.05, 0.1) is 0 Å². The average Bonchev–Trinajstić information content (AvgIpc) is 2.36. The van der Waals surface area contributed by atoms with Gasteiger partial charge in [-0.05, 0) is 18.6 Å². The molecule has 2 N–H and O–H groups in total. The number of nitrogens with zero attached hydrogens (tertiary/aromatic N) is 1. The maximum absolute atomic E-state index is 11.7. The van der Waals surface area contributed by atoms with Crippen molar-refractivity contribution in [3.63, 3.8) is 0 Å². The van der Waals surface area contributed by atoms with Crippen LogP contribution in [-0.2, 0) is 0 Å². The number of anilines is 1. The number of rotatable bonds is 3. The number of hydrogen-bond acceptors (Lipinski definition) is 2. The van der Waals surface area contributed by atoms with Gasteiger partial charge in [-0.2, -0.15) is 0 Å². The van der Waals surface area contributed by atoms with Crippen LogP contribution in [-0.4, -0.2) is 25.7 Å². The third-order valence-electron chi connectivity index (χ3n) is 2.20. The minimum Gasteiger partial charge on any atom is -0.338 e. The van der Waals surface area contributed by atoms with E-state index in [0.717, 1.165) is 12.1 Å². The molecule has 0 aliphatic heterocycles. The second kappa shape index (κ2) is 6.52. The number of benzene rings is 1. The molecule has 5 heteroatoms. The molecule has 1 rings (SSSR count). The Balaban J connectivity index is 2.50. The molecule has 0 atom stereocenters. The van der Waals surface area contributed by atoms with Gasteiger partial charge in [0.25, 0.3) is 0 Å². The first-order valence-electron chi connectivity index (χ1n) is 5.52. The highest BCUT2D eigenvalue weighted by atomic mass is 16.2. The molecule has 0 radical (unpaired) electrons. The molecule has 0 spiro atoms. The molecule has 92 valence electrons. The van der Waals surface area contributed by atoms with Crippen molar-refractivity contribution in [2.45, 2.75) is 13.3 Å². The van der Waals surface area contributed by atoms with Crippen LogP contribution in [0, 0.1) is 0 Å². The van der Waals surface area contributed by atoms with Crippen LogP contribution in [0.1, 0.15) is 13.3 Å². The summed E-state index contributed by atoms with van der Waals surface area (Å²) < 4.78 is 0. The Morgan fingerprint density at radius 1 is 1.24 bits per heavy atom. The quantitative estimate of drug-likeness (QED) is 0.841. The van der Waals surface area contributed by atoms with Gasteiger partial charge in [0.15, 0.2) is 0 Å². The van der Waals surface area contributed by atoms with Gasteiger partial charge in [-0.15, -0.1) is 0 Å². The van der Waals surface area contributed by atoms with Crippen molar-refractivity contribution >= 4 is 17.7 Å². The van der Waals surface area contributed by atoms with Gasteiger partial charge in [-0.25, -0.2) is 9.59 Å². The standard InChI is InChI=1S/C12H17N3O2/c1-3-9-13-11(16)14-12(17)15(2)10-7-5-4-6-8-10/h4-8H,3,9H2,1-2H3,(H2,13,14,16,17). The van der Waals surface area contributed by atoms with E-state index >= 15 is 0 Å². The van der Waals surface area contributed by atoms with E-state index in [1.54, 1.807) is 19.2 Å². The maximum Gasteiger partial charge on any atom is 0.329 e. The first kappa shape index (κ1) is 13.0. The molecule has 0 aliphatic carbocycles. The first-order valence-corrected chi connectivity index (χ1v) is 5.52. The van der Waals surface area contributed by atoms with Gasteiger partial charge in [0, 0.05) is 19.3 Å². The van der Waals surface area contributed by atoms with Gasteiger partial charge in [0.2, 0.25) is 0 Å². The van der Waals surface area contributed by atoms with E-state index in [1.807, 2.05) is 25.1 Å². The molecule has 5 nitrogen and oxygen atoms in total. The summed E-state index contributed by atoms with van der Waals surface area (Å²) in [4.78, 5) is 24.3. The van der Waals surface area contributed by atoms with Crippen molar-refractivity contribution < 1.29 is 9.59 Å². The number of carbonyl (C=O) groups is 2. The molecule has 0 unspecified atom stereocenters. The largest absolute Gasteiger partial charge is 0.338 e. The summed E-state index contributed by atoms with van der Waals surface area (Å²) >= 11 is 0. The summed E-state index contributed by atoms with van der Waals surface area (Å²) in [5.41, 5.74) is 0.730. The fourth-order valence-electron chi connectivity index (χ4n) is 1.23. The van der Waals surface area contributed by atoms with Crippen molar-refractivity contribution in [3.8, 4) is 0 Å². The fraction of sp³-hybridized carbons (Fsp3) is 0.333. The molecule has 1 aromatic carbocycles. The van der Waals surface area contributed by atoms with Gasteiger partial charge in [-0.1, -0.05) is 25.1 Å². The van der Waals surface area contributed by atoms with Gasteiger partial charge in [0.1, 0.15) is 0 Å². The Bertz CT molecular complexity index is 379. The van der Waals surface area contributed by atoms with Crippen LogP contribution in [0.2, 0.25) is 0 Å². The molecule has 0 heterocycles. The second-order valence-corrected chi connectivity index (χ2v) is 3.58. The second-order valence-electron chi connectivity index (χ2n) is 3.58. The maximum atomic E-state index is 11.7. The van der Waals surface area contributed by atoms with Crippen LogP contribution in [0.15, 0.2) is 30.3 Å². The van der Waals surface area contributed by atoms with E-state index in [9.17, 15) is 9.59 Å². The average molecular weight is 235 g/mol. The third kappa shape index (κ3) is 4.14. The van der Waals surface area contributed by atoms with Crippen LogP contribution < -0.4 is 15.5 Å². The van der Waals surface area contributed by atoms with Crippen molar-refractivity contribution in [3.05, 3.63) is 30.3 Å². The van der Waals surface area contributed by atoms with Gasteiger partial charge >= 0.3 is 12.1 Å². The van der Waals surface area contributed by atoms with Crippen LogP contribution >= 0.6 is 0 Å². The van der Waals surface area contributed by atoms with Crippen molar-refractivity contribution in [1.29, 1.82) is 0 Å². The lowest BCUT2D eigenvalue weighted by Crippen LogP contribution is -2.45. The van der Waals surface area contributed by atoms with Crippen molar-refractivity contribution in [2.75, 3.05) is 18.5 Å². The molecule has 0 bridgehead atoms. The van der Waals surface area contributed by atoms with E-state index in [4.69, 9.17) is 0 Å². The molecular formula is C12H17N3O2. The molecule has 4 amide bonds. The number of amides is 4. The van der Waals surface area contributed by atoms with Crippen molar-refractivity contribution in [1.82, 2.24) is 10.6 Å². The molecule has 0 saturated carbocycles. The Hall–Kier alpha value is -2.04. The lowest BCUT2D eigenvalue weighted by molar-refractivity contribution is 0.231. The van der Waals surface area contributed by atoms with E-state index < -0.39 is 12.1 Å². The lowest BCUT2D eigenvalue weighted by atomic mass is 10.3. The van der Waals surface area contributed by atoms with E-state index in [1.165, 1.54) is 4.90 Å². The van der Waals surface area contributed by atoms with Crippen molar-refractivity contribution in [2.24, 2.45) is 0 Å². The lowest BCUT2D eigenvalue weighted by Gasteiger charge is -2.17. The molecule has 0 saturated heterocycles. The topological polar surface area (TPSA) is 61.4 Å². The number of hydrogen-bond donors (Lipinski definition) is 2. The van der Waals surface area contributed by atoms with E-state index in [0.29, 0.717) is 6.54 Å². The minimum absolute atomic E-state index is 0.454. The van der Waals surface area contributed by atoms with E-state index in [2.05, 4.69) is 10.6 Å². The smallest absolute Gasteiger partial charge is 0.329 e. The fourth-order valence-corrected chi connectivity index (χ4v) is 1.23. The Kier molecular flexibility index (Phi) is 5.00. The Labute approximate surface area is 101 Å². The highest BCUT2D eigenvalue weighted by molar-refractivity contribution is 6.01. The predicted octanol–water partition coefficient (Wildman–Crippen LogP) is 1.95. The van der Waals surface area contributed by atoms with Crippen LogP contribution in [0.25, 0.3) is 0 Å². The predicted molar refractivity (Wildman–Crippen MR) is 67.1 cm³/mol. The molecule has 0 aromatic heterocycles. The summed E-state index contributed by atoms with van der Waals surface area (Å²) in [6, 6.07) is 8.19. The molecular weight excluding hydrogens is 218 g/mol. The van der Waals surface area contributed by atoms with Gasteiger partial charge in [-0.3, -0.25) is 10.2 Å². The third-order valence-corrected chi connectivity index (χ3v) is 2.20.